The van der Waals surface area contributed by atoms with Crippen molar-refractivity contribution in [3.63, 3.8) is 0 Å². The molecule has 1 aliphatic rings. The number of methoxy groups -OCH3 is 1. The molecule has 1 rings (SSSR count). The fourth-order valence-electron chi connectivity index (χ4n) is 2.15. The second-order valence-electron chi connectivity index (χ2n) is 6.92. The molecule has 4 nitrogen and oxygen atoms in total. The maximum absolute atomic E-state index is 12.9. The predicted octanol–water partition coefficient (Wildman–Crippen LogP) is 2.02. The van der Waals surface area contributed by atoms with Crippen LogP contribution in [-0.2, 0) is 9.53 Å². The van der Waals surface area contributed by atoms with Crippen molar-refractivity contribution in [2.24, 2.45) is 17.1 Å². The van der Waals surface area contributed by atoms with Crippen LogP contribution in [0, 0.1) is 11.3 Å². The van der Waals surface area contributed by atoms with Crippen molar-refractivity contribution in [1.82, 2.24) is 4.90 Å². The summed E-state index contributed by atoms with van der Waals surface area (Å²) in [6, 6.07) is 0.282. The summed E-state index contributed by atoms with van der Waals surface area (Å²) in [6.07, 6.45) is 2.45. The fourth-order valence-corrected chi connectivity index (χ4v) is 2.15. The van der Waals surface area contributed by atoms with E-state index in [0.717, 1.165) is 0 Å². The smallest absolute Gasteiger partial charge is 0.230 e. The Hall–Kier alpha value is -0.610. The molecule has 4 heteroatoms. The molecule has 19 heavy (non-hydrogen) atoms. The van der Waals surface area contributed by atoms with Crippen LogP contribution in [0.25, 0.3) is 0 Å². The van der Waals surface area contributed by atoms with Crippen molar-refractivity contribution in [3.05, 3.63) is 0 Å². The molecule has 1 atom stereocenters. The summed E-state index contributed by atoms with van der Waals surface area (Å²) >= 11 is 0. The van der Waals surface area contributed by atoms with Gasteiger partial charge in [0.1, 0.15) is 0 Å². The van der Waals surface area contributed by atoms with Crippen molar-refractivity contribution in [3.8, 4) is 0 Å². The first-order chi connectivity index (χ1) is 8.63. The normalized spacial score (nSPS) is 18.3. The number of rotatable bonds is 7. The quantitative estimate of drug-likeness (QED) is 0.770. The summed E-state index contributed by atoms with van der Waals surface area (Å²) in [6.45, 7) is 11.1. The van der Waals surface area contributed by atoms with Gasteiger partial charge in [0.15, 0.2) is 0 Å². The molecule has 2 N–H and O–H groups in total. The highest BCUT2D eigenvalue weighted by atomic mass is 16.5. The summed E-state index contributed by atoms with van der Waals surface area (Å²) in [5.41, 5.74) is 5.07. The van der Waals surface area contributed by atoms with Crippen LogP contribution in [0.1, 0.15) is 47.5 Å². The van der Waals surface area contributed by atoms with Crippen LogP contribution in [0.4, 0.5) is 0 Å². The number of hydrogen-bond acceptors (Lipinski definition) is 3. The van der Waals surface area contributed by atoms with E-state index in [0.29, 0.717) is 19.1 Å². The summed E-state index contributed by atoms with van der Waals surface area (Å²) < 4.78 is 5.15. The average molecular weight is 270 g/mol. The van der Waals surface area contributed by atoms with Crippen LogP contribution in [0.15, 0.2) is 0 Å². The Balaban J connectivity index is 2.86. The van der Waals surface area contributed by atoms with Gasteiger partial charge in [0.2, 0.25) is 5.91 Å². The lowest BCUT2D eigenvalue weighted by Crippen LogP contribution is -2.58. The number of amides is 1. The zero-order chi connectivity index (χ0) is 14.8. The van der Waals surface area contributed by atoms with E-state index in [1.165, 1.54) is 12.8 Å². The molecule has 0 saturated heterocycles. The van der Waals surface area contributed by atoms with Crippen LogP contribution < -0.4 is 5.73 Å². The van der Waals surface area contributed by atoms with Crippen LogP contribution >= 0.6 is 0 Å². The van der Waals surface area contributed by atoms with Gasteiger partial charge in [-0.05, 0) is 53.4 Å². The van der Waals surface area contributed by atoms with E-state index in [1.54, 1.807) is 7.11 Å². The second-order valence-corrected chi connectivity index (χ2v) is 6.92. The Morgan fingerprint density at radius 1 is 1.37 bits per heavy atom. The zero-order valence-corrected chi connectivity index (χ0v) is 13.3. The van der Waals surface area contributed by atoms with Crippen LogP contribution in [0.3, 0.4) is 0 Å². The van der Waals surface area contributed by atoms with Gasteiger partial charge in [-0.1, -0.05) is 0 Å². The Morgan fingerprint density at radius 2 is 1.89 bits per heavy atom. The molecular weight excluding hydrogens is 240 g/mol. The van der Waals surface area contributed by atoms with Crippen LogP contribution in [-0.4, -0.2) is 42.6 Å². The minimum absolute atomic E-state index is 0.136. The third-order valence-electron chi connectivity index (χ3n) is 4.74. The van der Waals surface area contributed by atoms with E-state index in [-0.39, 0.29) is 11.9 Å². The largest absolute Gasteiger partial charge is 0.383 e. The third kappa shape index (κ3) is 3.69. The molecule has 0 spiro atoms. The highest BCUT2D eigenvalue weighted by Gasteiger charge is 2.45. The number of carbonyl (C=O) groups excluding carboxylic acids is 1. The first kappa shape index (κ1) is 16.4. The number of nitrogens with zero attached hydrogens (tertiary/aromatic N) is 1. The van der Waals surface area contributed by atoms with Gasteiger partial charge in [0.05, 0.1) is 12.0 Å². The van der Waals surface area contributed by atoms with E-state index >= 15 is 0 Å². The molecule has 1 aliphatic carbocycles. The van der Waals surface area contributed by atoms with Gasteiger partial charge in [-0.15, -0.1) is 0 Å². The predicted molar refractivity (Wildman–Crippen MR) is 77.8 cm³/mol. The molecular formula is C15H30N2O2. The summed E-state index contributed by atoms with van der Waals surface area (Å²) in [7, 11) is 1.67. The highest BCUT2D eigenvalue weighted by Crippen LogP contribution is 2.38. The monoisotopic (exact) mass is 270 g/mol. The van der Waals surface area contributed by atoms with Crippen molar-refractivity contribution in [1.29, 1.82) is 0 Å². The van der Waals surface area contributed by atoms with Crippen molar-refractivity contribution in [2.75, 3.05) is 20.3 Å². The standard InChI is InChI=1S/C15H30N2O2/c1-11(12-7-8-12)17(9-10-19-6)13(18)14(2,3)15(4,5)16/h11-12H,7-10,16H2,1-6H3. The second kappa shape index (κ2) is 5.80. The Morgan fingerprint density at radius 3 is 2.26 bits per heavy atom. The summed E-state index contributed by atoms with van der Waals surface area (Å²) in [5.74, 6) is 0.786. The van der Waals surface area contributed by atoms with E-state index < -0.39 is 11.0 Å². The minimum Gasteiger partial charge on any atom is -0.383 e. The molecule has 1 saturated carbocycles. The lowest BCUT2D eigenvalue weighted by molar-refractivity contribution is -0.146. The molecule has 0 aromatic carbocycles. The molecule has 0 radical (unpaired) electrons. The van der Waals surface area contributed by atoms with E-state index in [2.05, 4.69) is 6.92 Å². The maximum Gasteiger partial charge on any atom is 0.230 e. The van der Waals surface area contributed by atoms with Gasteiger partial charge in [-0.3, -0.25) is 4.79 Å². The number of carbonyl (C=O) groups is 1. The molecule has 1 unspecified atom stereocenters. The lowest BCUT2D eigenvalue weighted by Gasteiger charge is -2.42. The molecule has 112 valence electrons. The van der Waals surface area contributed by atoms with Crippen molar-refractivity contribution < 1.29 is 9.53 Å². The van der Waals surface area contributed by atoms with Gasteiger partial charge in [0, 0.05) is 25.2 Å². The number of hydrogen-bond donors (Lipinski definition) is 1. The maximum atomic E-state index is 12.9. The Bertz CT molecular complexity index is 317. The SMILES string of the molecule is COCCN(C(=O)C(C)(C)C(C)(C)N)C(C)C1CC1. The van der Waals surface area contributed by atoms with E-state index in [9.17, 15) is 4.79 Å². The van der Waals surface area contributed by atoms with Crippen molar-refractivity contribution >= 4 is 5.91 Å². The topological polar surface area (TPSA) is 55.6 Å². The molecule has 0 bridgehead atoms. The third-order valence-corrected chi connectivity index (χ3v) is 4.74. The number of nitrogens with two attached hydrogens (primary N) is 1. The molecule has 0 aromatic rings. The molecule has 1 fully saturated rings. The van der Waals surface area contributed by atoms with E-state index in [1.807, 2.05) is 32.6 Å². The number of ether oxygens (including phenoxy) is 1. The molecule has 0 heterocycles. The Labute approximate surface area is 117 Å². The van der Waals surface area contributed by atoms with Crippen LogP contribution in [0.2, 0.25) is 0 Å². The lowest BCUT2D eigenvalue weighted by atomic mass is 9.74. The molecule has 0 aromatic heterocycles. The fraction of sp³-hybridized carbons (Fsp3) is 0.933. The molecule has 1 amide bonds. The first-order valence-electron chi connectivity index (χ1n) is 7.21. The van der Waals surface area contributed by atoms with Crippen molar-refractivity contribution in [2.45, 2.75) is 59.0 Å². The van der Waals surface area contributed by atoms with Gasteiger partial charge >= 0.3 is 0 Å². The summed E-state index contributed by atoms with van der Waals surface area (Å²) in [5, 5.41) is 0. The van der Waals surface area contributed by atoms with Crippen LogP contribution in [0.5, 0.6) is 0 Å². The Kier molecular flexibility index (Phi) is 5.02. The molecule has 0 aliphatic heterocycles. The summed E-state index contributed by atoms with van der Waals surface area (Å²) in [4.78, 5) is 14.8. The first-order valence-corrected chi connectivity index (χ1v) is 7.21. The zero-order valence-electron chi connectivity index (χ0n) is 13.3. The van der Waals surface area contributed by atoms with Gasteiger partial charge in [-0.2, -0.15) is 0 Å². The minimum atomic E-state index is -0.579. The van der Waals surface area contributed by atoms with Gasteiger partial charge in [-0.25, -0.2) is 0 Å². The van der Waals surface area contributed by atoms with Gasteiger partial charge in [0.25, 0.3) is 0 Å². The van der Waals surface area contributed by atoms with Gasteiger partial charge < -0.3 is 15.4 Å². The van der Waals surface area contributed by atoms with E-state index in [4.69, 9.17) is 10.5 Å². The average Bonchev–Trinajstić information content (AvgIpc) is 3.11. The highest BCUT2D eigenvalue weighted by molar-refractivity contribution is 5.83.